The Kier molecular flexibility index (Phi) is 6.19. The fourth-order valence-corrected chi connectivity index (χ4v) is 4.80. The van der Waals surface area contributed by atoms with E-state index < -0.39 is 10.0 Å². The molecule has 5 nitrogen and oxygen atoms in total. The number of hydrogen-bond acceptors (Lipinski definition) is 4. The van der Waals surface area contributed by atoms with Crippen molar-refractivity contribution in [1.82, 2.24) is 4.31 Å². The molecule has 2 atom stereocenters. The van der Waals surface area contributed by atoms with E-state index in [9.17, 15) is 8.42 Å². The minimum absolute atomic E-state index is 0.0865. The van der Waals surface area contributed by atoms with Gasteiger partial charge in [-0.2, -0.15) is 4.31 Å². The van der Waals surface area contributed by atoms with Crippen LogP contribution in [0.5, 0.6) is 0 Å². The van der Waals surface area contributed by atoms with Gasteiger partial charge in [-0.05, 0) is 42.9 Å². The summed E-state index contributed by atoms with van der Waals surface area (Å²) in [6.45, 7) is 5.06. The number of piperidine rings is 1. The molecular formula is C17H28N2O3S. The number of hydrogen-bond donors (Lipinski definition) is 1. The summed E-state index contributed by atoms with van der Waals surface area (Å²) < 4.78 is 32.7. The average molecular weight is 340 g/mol. The standard InChI is InChI=1S/C17H28N2O3S/c1-13(2)10-14-4-6-17(7-5-14)23(20,21)19-9-8-16(22-3)11-15(19)12-18/h4-7,13,15-16H,8-12,18H2,1-3H3. The quantitative estimate of drug-likeness (QED) is 0.860. The zero-order chi connectivity index (χ0) is 17.0. The monoisotopic (exact) mass is 340 g/mol. The highest BCUT2D eigenvalue weighted by atomic mass is 32.2. The molecule has 130 valence electrons. The fraction of sp³-hybridized carbons (Fsp3) is 0.647. The Labute approximate surface area is 139 Å². The maximum Gasteiger partial charge on any atom is 0.243 e. The third-order valence-corrected chi connectivity index (χ3v) is 6.36. The van der Waals surface area contributed by atoms with E-state index in [0.29, 0.717) is 36.7 Å². The number of nitrogens with two attached hydrogens (primary N) is 1. The van der Waals surface area contributed by atoms with Crippen LogP contribution in [0.4, 0.5) is 0 Å². The highest BCUT2D eigenvalue weighted by Crippen LogP contribution is 2.26. The average Bonchev–Trinajstić information content (AvgIpc) is 2.54. The molecule has 2 unspecified atom stereocenters. The topological polar surface area (TPSA) is 72.6 Å². The Morgan fingerprint density at radius 1 is 1.30 bits per heavy atom. The molecule has 1 aliphatic rings. The van der Waals surface area contributed by atoms with Gasteiger partial charge in [0.15, 0.2) is 0 Å². The molecule has 0 saturated carbocycles. The lowest BCUT2D eigenvalue weighted by atomic mass is 10.0. The highest BCUT2D eigenvalue weighted by Gasteiger charge is 2.36. The zero-order valence-corrected chi connectivity index (χ0v) is 15.1. The van der Waals surface area contributed by atoms with Gasteiger partial charge in [0.25, 0.3) is 0 Å². The molecule has 6 heteroatoms. The maximum absolute atomic E-state index is 12.9. The molecule has 0 aromatic heterocycles. The van der Waals surface area contributed by atoms with E-state index in [1.807, 2.05) is 12.1 Å². The van der Waals surface area contributed by atoms with Crippen molar-refractivity contribution in [2.75, 3.05) is 20.2 Å². The van der Waals surface area contributed by atoms with Gasteiger partial charge in [-0.3, -0.25) is 0 Å². The van der Waals surface area contributed by atoms with E-state index in [2.05, 4.69) is 13.8 Å². The van der Waals surface area contributed by atoms with Crippen LogP contribution >= 0.6 is 0 Å². The van der Waals surface area contributed by atoms with Crippen LogP contribution < -0.4 is 5.73 Å². The summed E-state index contributed by atoms with van der Waals surface area (Å²) in [5, 5.41) is 0. The van der Waals surface area contributed by atoms with Crippen molar-refractivity contribution in [2.45, 2.75) is 50.2 Å². The van der Waals surface area contributed by atoms with Gasteiger partial charge in [-0.25, -0.2) is 8.42 Å². The lowest BCUT2D eigenvalue weighted by Gasteiger charge is -2.37. The summed E-state index contributed by atoms with van der Waals surface area (Å²) in [6.07, 6.45) is 2.39. The first-order valence-electron chi connectivity index (χ1n) is 8.22. The van der Waals surface area contributed by atoms with E-state index in [1.165, 1.54) is 0 Å². The van der Waals surface area contributed by atoms with Crippen molar-refractivity contribution >= 4 is 10.0 Å². The van der Waals surface area contributed by atoms with Gasteiger partial charge in [0, 0.05) is 26.2 Å². The molecule has 1 saturated heterocycles. The Morgan fingerprint density at radius 2 is 1.96 bits per heavy atom. The van der Waals surface area contributed by atoms with Gasteiger partial charge < -0.3 is 10.5 Å². The van der Waals surface area contributed by atoms with Crippen LogP contribution in [0.25, 0.3) is 0 Å². The number of sulfonamides is 1. The van der Waals surface area contributed by atoms with Crippen molar-refractivity contribution < 1.29 is 13.2 Å². The first-order chi connectivity index (χ1) is 10.9. The van der Waals surface area contributed by atoms with Gasteiger partial charge in [0.05, 0.1) is 11.0 Å². The predicted octanol–water partition coefficient (Wildman–Crippen LogP) is 2.01. The van der Waals surface area contributed by atoms with Crippen molar-refractivity contribution in [3.63, 3.8) is 0 Å². The van der Waals surface area contributed by atoms with Gasteiger partial charge >= 0.3 is 0 Å². The zero-order valence-electron chi connectivity index (χ0n) is 14.2. The van der Waals surface area contributed by atoms with E-state index >= 15 is 0 Å². The molecule has 2 rings (SSSR count). The van der Waals surface area contributed by atoms with Crippen molar-refractivity contribution in [2.24, 2.45) is 11.7 Å². The molecule has 23 heavy (non-hydrogen) atoms. The molecular weight excluding hydrogens is 312 g/mol. The second-order valence-electron chi connectivity index (χ2n) is 6.63. The first-order valence-corrected chi connectivity index (χ1v) is 9.66. The molecule has 1 heterocycles. The molecule has 0 radical (unpaired) electrons. The summed E-state index contributed by atoms with van der Waals surface area (Å²) in [6, 6.07) is 7.04. The molecule has 1 aromatic carbocycles. The van der Waals surface area contributed by atoms with Crippen LogP contribution in [0.15, 0.2) is 29.2 Å². The van der Waals surface area contributed by atoms with Crippen LogP contribution in [-0.4, -0.2) is 45.1 Å². The number of methoxy groups -OCH3 is 1. The SMILES string of the molecule is COC1CCN(S(=O)(=O)c2ccc(CC(C)C)cc2)C(CN)C1. The van der Waals surface area contributed by atoms with Crippen molar-refractivity contribution in [1.29, 1.82) is 0 Å². The third-order valence-electron chi connectivity index (χ3n) is 4.39. The van der Waals surface area contributed by atoms with E-state index in [4.69, 9.17) is 10.5 Å². The summed E-state index contributed by atoms with van der Waals surface area (Å²) in [5.74, 6) is 0.548. The van der Waals surface area contributed by atoms with Crippen LogP contribution in [-0.2, 0) is 21.2 Å². The first kappa shape index (κ1) is 18.4. The summed E-state index contributed by atoms with van der Waals surface area (Å²) >= 11 is 0. The number of benzene rings is 1. The van der Waals surface area contributed by atoms with Gasteiger partial charge in [-0.1, -0.05) is 26.0 Å². The minimum atomic E-state index is -3.50. The Bertz CT molecular complexity index is 599. The van der Waals surface area contributed by atoms with Gasteiger partial charge in [0.1, 0.15) is 0 Å². The lowest BCUT2D eigenvalue weighted by molar-refractivity contribution is 0.0401. The predicted molar refractivity (Wildman–Crippen MR) is 91.7 cm³/mol. The summed E-state index contributed by atoms with van der Waals surface area (Å²) in [4.78, 5) is 0.347. The molecule has 1 aliphatic heterocycles. The second-order valence-corrected chi connectivity index (χ2v) is 8.52. The number of nitrogens with zero attached hydrogens (tertiary/aromatic N) is 1. The minimum Gasteiger partial charge on any atom is -0.381 e. The van der Waals surface area contributed by atoms with Crippen LogP contribution in [0, 0.1) is 5.92 Å². The van der Waals surface area contributed by atoms with E-state index in [-0.39, 0.29) is 12.1 Å². The van der Waals surface area contributed by atoms with Gasteiger partial charge in [-0.15, -0.1) is 0 Å². The normalized spacial score (nSPS) is 23.3. The maximum atomic E-state index is 12.9. The lowest BCUT2D eigenvalue weighted by Crippen LogP contribution is -2.51. The van der Waals surface area contributed by atoms with E-state index in [0.717, 1.165) is 12.0 Å². The number of rotatable bonds is 6. The van der Waals surface area contributed by atoms with Crippen LogP contribution in [0.1, 0.15) is 32.3 Å². The molecule has 1 fully saturated rings. The van der Waals surface area contributed by atoms with Crippen molar-refractivity contribution in [3.8, 4) is 0 Å². The van der Waals surface area contributed by atoms with Crippen molar-refractivity contribution in [3.05, 3.63) is 29.8 Å². The smallest absolute Gasteiger partial charge is 0.243 e. The van der Waals surface area contributed by atoms with Crippen LogP contribution in [0.2, 0.25) is 0 Å². The molecule has 2 N–H and O–H groups in total. The molecule has 1 aromatic rings. The summed E-state index contributed by atoms with van der Waals surface area (Å²) in [5.41, 5.74) is 6.96. The molecule has 0 amide bonds. The Hall–Kier alpha value is -0.950. The Morgan fingerprint density at radius 3 is 2.48 bits per heavy atom. The summed E-state index contributed by atoms with van der Waals surface area (Å²) in [7, 11) is -1.84. The number of ether oxygens (including phenoxy) is 1. The largest absolute Gasteiger partial charge is 0.381 e. The molecule has 0 spiro atoms. The second kappa shape index (κ2) is 7.75. The molecule has 0 aliphatic carbocycles. The van der Waals surface area contributed by atoms with E-state index in [1.54, 1.807) is 23.5 Å². The highest BCUT2D eigenvalue weighted by molar-refractivity contribution is 7.89. The van der Waals surface area contributed by atoms with Gasteiger partial charge in [0.2, 0.25) is 10.0 Å². The Balaban J connectivity index is 2.20. The third kappa shape index (κ3) is 4.32. The fourth-order valence-electron chi connectivity index (χ4n) is 3.14. The van der Waals surface area contributed by atoms with Crippen LogP contribution in [0.3, 0.4) is 0 Å². The molecule has 0 bridgehead atoms.